The highest BCUT2D eigenvalue weighted by atomic mass is 35.5. The number of aryl methyl sites for hydroxylation is 1. The van der Waals surface area contributed by atoms with E-state index in [1.165, 1.54) is 24.5 Å². The molecule has 2 aromatic rings. The van der Waals surface area contributed by atoms with E-state index in [4.69, 9.17) is 16.3 Å². The number of nitrogens with one attached hydrogen (secondary N) is 2. The minimum absolute atomic E-state index is 0.243. The van der Waals surface area contributed by atoms with E-state index in [0.717, 1.165) is 4.88 Å². The van der Waals surface area contributed by atoms with Gasteiger partial charge in [0.1, 0.15) is 5.75 Å². The SMILES string of the molecule is COc1ccc(Cl)cc1C(=O)NNC(=O)c1ccc(C)s1. The number of hydrogen-bond acceptors (Lipinski definition) is 4. The molecule has 0 bridgehead atoms. The zero-order valence-corrected chi connectivity index (χ0v) is 13.0. The van der Waals surface area contributed by atoms with Gasteiger partial charge in [0.15, 0.2) is 0 Å². The molecule has 0 unspecified atom stereocenters. The second kappa shape index (κ2) is 6.60. The number of amides is 2. The van der Waals surface area contributed by atoms with Gasteiger partial charge in [0.05, 0.1) is 17.6 Å². The maximum Gasteiger partial charge on any atom is 0.279 e. The van der Waals surface area contributed by atoms with E-state index in [9.17, 15) is 9.59 Å². The average Bonchev–Trinajstić information content (AvgIpc) is 2.91. The summed E-state index contributed by atoms with van der Waals surface area (Å²) in [5.74, 6) is -0.503. The molecule has 110 valence electrons. The number of methoxy groups -OCH3 is 1. The Balaban J connectivity index is 2.05. The smallest absolute Gasteiger partial charge is 0.279 e. The van der Waals surface area contributed by atoms with E-state index < -0.39 is 5.91 Å². The molecule has 2 amide bonds. The monoisotopic (exact) mass is 324 g/mol. The number of hydrazine groups is 1. The van der Waals surface area contributed by atoms with E-state index in [2.05, 4.69) is 10.9 Å². The Hall–Kier alpha value is -2.05. The van der Waals surface area contributed by atoms with Crippen LogP contribution in [0.5, 0.6) is 5.75 Å². The summed E-state index contributed by atoms with van der Waals surface area (Å²) in [6.07, 6.45) is 0. The summed E-state index contributed by atoms with van der Waals surface area (Å²) >= 11 is 7.20. The van der Waals surface area contributed by atoms with E-state index in [0.29, 0.717) is 15.6 Å². The van der Waals surface area contributed by atoms with Crippen LogP contribution in [0.25, 0.3) is 0 Å². The molecule has 0 saturated carbocycles. The van der Waals surface area contributed by atoms with Crippen LogP contribution < -0.4 is 15.6 Å². The van der Waals surface area contributed by atoms with Crippen LogP contribution in [0.3, 0.4) is 0 Å². The third kappa shape index (κ3) is 3.74. The zero-order valence-electron chi connectivity index (χ0n) is 11.4. The molecular formula is C14H13ClN2O3S. The molecule has 0 fully saturated rings. The Morgan fingerprint density at radius 2 is 1.86 bits per heavy atom. The van der Waals surface area contributed by atoms with Crippen LogP contribution in [0.4, 0.5) is 0 Å². The lowest BCUT2D eigenvalue weighted by atomic mass is 10.2. The third-order valence-corrected chi connectivity index (χ3v) is 3.89. The van der Waals surface area contributed by atoms with Crippen LogP contribution in [0.1, 0.15) is 24.9 Å². The molecule has 7 heteroatoms. The molecule has 2 N–H and O–H groups in total. The van der Waals surface area contributed by atoms with Crippen molar-refractivity contribution in [1.29, 1.82) is 0 Å². The first-order chi connectivity index (χ1) is 10.0. The number of hydrogen-bond donors (Lipinski definition) is 2. The Bertz CT molecular complexity index is 685. The van der Waals surface area contributed by atoms with Gasteiger partial charge in [-0.3, -0.25) is 20.4 Å². The van der Waals surface area contributed by atoms with Gasteiger partial charge in [-0.05, 0) is 37.3 Å². The molecule has 5 nitrogen and oxygen atoms in total. The number of carbonyl (C=O) groups is 2. The average molecular weight is 325 g/mol. The first kappa shape index (κ1) is 15.3. The van der Waals surface area contributed by atoms with Crippen molar-refractivity contribution in [3.63, 3.8) is 0 Å². The quantitative estimate of drug-likeness (QED) is 0.853. The maximum absolute atomic E-state index is 12.1. The van der Waals surface area contributed by atoms with Gasteiger partial charge < -0.3 is 4.74 Å². The van der Waals surface area contributed by atoms with Crippen molar-refractivity contribution in [2.75, 3.05) is 7.11 Å². The number of rotatable bonds is 3. The Morgan fingerprint density at radius 1 is 1.14 bits per heavy atom. The molecule has 1 aromatic heterocycles. The topological polar surface area (TPSA) is 67.4 Å². The first-order valence-electron chi connectivity index (χ1n) is 6.02. The molecule has 0 atom stereocenters. The number of ether oxygens (including phenoxy) is 1. The highest BCUT2D eigenvalue weighted by molar-refractivity contribution is 7.13. The lowest BCUT2D eigenvalue weighted by molar-refractivity contribution is 0.0847. The van der Waals surface area contributed by atoms with Gasteiger partial charge in [-0.25, -0.2) is 0 Å². The molecule has 0 aliphatic rings. The van der Waals surface area contributed by atoms with E-state index in [-0.39, 0.29) is 11.5 Å². The standard InChI is InChI=1S/C14H13ClN2O3S/c1-8-3-6-12(21-8)14(19)17-16-13(18)10-7-9(15)4-5-11(10)20-2/h3-7H,1-2H3,(H,16,18)(H,17,19). The summed E-state index contributed by atoms with van der Waals surface area (Å²) in [6, 6.07) is 8.20. The highest BCUT2D eigenvalue weighted by Gasteiger charge is 2.14. The van der Waals surface area contributed by atoms with Crippen LogP contribution in [-0.4, -0.2) is 18.9 Å². The largest absolute Gasteiger partial charge is 0.496 e. The van der Waals surface area contributed by atoms with Gasteiger partial charge >= 0.3 is 0 Å². The lowest BCUT2D eigenvalue weighted by Gasteiger charge is -2.10. The Morgan fingerprint density at radius 3 is 2.48 bits per heavy atom. The van der Waals surface area contributed by atoms with Gasteiger partial charge in [0, 0.05) is 9.90 Å². The molecule has 1 heterocycles. The fourth-order valence-corrected chi connectivity index (χ4v) is 2.59. The minimum Gasteiger partial charge on any atom is -0.496 e. The van der Waals surface area contributed by atoms with Gasteiger partial charge in [0.2, 0.25) is 0 Å². The highest BCUT2D eigenvalue weighted by Crippen LogP contribution is 2.22. The van der Waals surface area contributed by atoms with Crippen LogP contribution >= 0.6 is 22.9 Å². The van der Waals surface area contributed by atoms with Crippen LogP contribution in [0, 0.1) is 6.92 Å². The molecule has 0 saturated heterocycles. The second-order valence-corrected chi connectivity index (χ2v) is 5.89. The zero-order chi connectivity index (χ0) is 15.4. The lowest BCUT2D eigenvalue weighted by Crippen LogP contribution is -2.41. The van der Waals surface area contributed by atoms with Crippen LogP contribution in [-0.2, 0) is 0 Å². The molecule has 0 spiro atoms. The minimum atomic E-state index is -0.504. The van der Waals surface area contributed by atoms with Gasteiger partial charge in [-0.15, -0.1) is 11.3 Å². The van der Waals surface area contributed by atoms with Crippen molar-refractivity contribution in [1.82, 2.24) is 10.9 Å². The summed E-state index contributed by atoms with van der Waals surface area (Å²) in [5, 5.41) is 0.404. The fourth-order valence-electron chi connectivity index (χ4n) is 1.66. The number of halogens is 1. The predicted octanol–water partition coefficient (Wildman–Crippen LogP) is 2.79. The molecule has 21 heavy (non-hydrogen) atoms. The molecule has 0 radical (unpaired) electrons. The molecule has 2 rings (SSSR count). The summed E-state index contributed by atoms with van der Waals surface area (Å²) < 4.78 is 5.09. The summed E-state index contributed by atoms with van der Waals surface area (Å²) in [5.41, 5.74) is 4.94. The van der Waals surface area contributed by atoms with Crippen molar-refractivity contribution in [2.24, 2.45) is 0 Å². The Kier molecular flexibility index (Phi) is 4.82. The molecular weight excluding hydrogens is 312 g/mol. The molecule has 1 aromatic carbocycles. The van der Waals surface area contributed by atoms with Crippen molar-refractivity contribution in [2.45, 2.75) is 6.92 Å². The van der Waals surface area contributed by atoms with Crippen molar-refractivity contribution < 1.29 is 14.3 Å². The number of benzene rings is 1. The number of thiophene rings is 1. The second-order valence-electron chi connectivity index (χ2n) is 4.16. The van der Waals surface area contributed by atoms with Gasteiger partial charge in [0.25, 0.3) is 11.8 Å². The third-order valence-electron chi connectivity index (χ3n) is 2.66. The molecule has 0 aliphatic heterocycles. The normalized spacial score (nSPS) is 10.0. The predicted molar refractivity (Wildman–Crippen MR) is 82.0 cm³/mol. The van der Waals surface area contributed by atoms with E-state index in [1.807, 2.05) is 13.0 Å². The van der Waals surface area contributed by atoms with E-state index in [1.54, 1.807) is 18.2 Å². The van der Waals surface area contributed by atoms with Crippen molar-refractivity contribution in [3.05, 3.63) is 50.7 Å². The van der Waals surface area contributed by atoms with Crippen molar-refractivity contribution in [3.8, 4) is 5.75 Å². The molecule has 0 aliphatic carbocycles. The Labute approximate surface area is 130 Å². The van der Waals surface area contributed by atoms with E-state index >= 15 is 0 Å². The van der Waals surface area contributed by atoms with Gasteiger partial charge in [-0.2, -0.15) is 0 Å². The number of carbonyl (C=O) groups excluding carboxylic acids is 2. The first-order valence-corrected chi connectivity index (χ1v) is 7.21. The van der Waals surface area contributed by atoms with Crippen LogP contribution in [0.15, 0.2) is 30.3 Å². The van der Waals surface area contributed by atoms with Crippen LogP contribution in [0.2, 0.25) is 5.02 Å². The van der Waals surface area contributed by atoms with Crippen molar-refractivity contribution >= 4 is 34.8 Å². The summed E-state index contributed by atoms with van der Waals surface area (Å²) in [4.78, 5) is 25.4. The summed E-state index contributed by atoms with van der Waals surface area (Å²) in [7, 11) is 1.45. The fraction of sp³-hybridized carbons (Fsp3) is 0.143. The summed E-state index contributed by atoms with van der Waals surface area (Å²) in [6.45, 7) is 1.90. The maximum atomic E-state index is 12.1. The van der Waals surface area contributed by atoms with Gasteiger partial charge in [-0.1, -0.05) is 11.6 Å².